The van der Waals surface area contributed by atoms with Crippen LogP contribution in [0.15, 0.2) is 18.5 Å². The maximum absolute atomic E-state index is 11.6. The third kappa shape index (κ3) is 2.65. The van der Waals surface area contributed by atoms with Crippen molar-refractivity contribution < 1.29 is 4.79 Å². The number of pyridine rings is 1. The number of amides is 1. The molecule has 0 saturated carbocycles. The zero-order valence-corrected chi connectivity index (χ0v) is 14.5. The molecule has 1 aliphatic rings. The third-order valence-corrected chi connectivity index (χ3v) is 6.11. The van der Waals surface area contributed by atoms with E-state index < -0.39 is 0 Å². The van der Waals surface area contributed by atoms with Crippen LogP contribution in [0.5, 0.6) is 0 Å². The number of thiazole rings is 1. The smallest absolute Gasteiger partial charge is 0.221 e. The number of anilines is 1. The van der Waals surface area contributed by atoms with E-state index >= 15 is 0 Å². The van der Waals surface area contributed by atoms with Gasteiger partial charge in [-0.1, -0.05) is 0 Å². The second-order valence-electron chi connectivity index (χ2n) is 5.74. The number of carbonyl (C=O) groups is 1. The van der Waals surface area contributed by atoms with Gasteiger partial charge in [0.15, 0.2) is 0 Å². The monoisotopic (exact) mass is 344 g/mol. The summed E-state index contributed by atoms with van der Waals surface area (Å²) in [5, 5.41) is 8.34. The van der Waals surface area contributed by atoms with Crippen molar-refractivity contribution in [1.82, 2.24) is 15.3 Å². The Morgan fingerprint density at radius 2 is 2.30 bits per heavy atom. The van der Waals surface area contributed by atoms with Gasteiger partial charge in [0.2, 0.25) is 5.91 Å². The van der Waals surface area contributed by atoms with Gasteiger partial charge in [-0.15, -0.1) is 22.7 Å². The van der Waals surface area contributed by atoms with E-state index in [-0.39, 0.29) is 5.91 Å². The van der Waals surface area contributed by atoms with Gasteiger partial charge in [0.1, 0.15) is 15.5 Å². The van der Waals surface area contributed by atoms with E-state index in [2.05, 4.69) is 22.5 Å². The zero-order chi connectivity index (χ0) is 16.0. The quantitative estimate of drug-likeness (QED) is 0.747. The predicted molar refractivity (Wildman–Crippen MR) is 95.0 cm³/mol. The first kappa shape index (κ1) is 14.7. The summed E-state index contributed by atoms with van der Waals surface area (Å²) < 4.78 is 1.12. The van der Waals surface area contributed by atoms with Crippen LogP contribution in [0.2, 0.25) is 0 Å². The predicted octanol–water partition coefficient (Wildman–Crippen LogP) is 3.41. The molecule has 3 aromatic rings. The fraction of sp³-hybridized carbons (Fsp3) is 0.312. The highest BCUT2D eigenvalue weighted by molar-refractivity contribution is 7.22. The van der Waals surface area contributed by atoms with Gasteiger partial charge < -0.3 is 10.6 Å². The highest BCUT2D eigenvalue weighted by Crippen LogP contribution is 2.45. The Bertz CT molecular complexity index is 866. The number of nitrogens with one attached hydrogen (secondary N) is 2. The molecule has 1 unspecified atom stereocenters. The van der Waals surface area contributed by atoms with Gasteiger partial charge in [-0.3, -0.25) is 9.78 Å². The van der Waals surface area contributed by atoms with Crippen molar-refractivity contribution in [1.29, 1.82) is 0 Å². The van der Waals surface area contributed by atoms with Crippen molar-refractivity contribution >= 4 is 43.8 Å². The molecule has 118 valence electrons. The number of carbonyl (C=O) groups excluding carboxylic acids is 1. The average molecular weight is 344 g/mol. The standard InChI is InChI=1S/C16H16N4OS2/c1-8-5-10-13(7-18-8)23-15(19-9(2)21)14(10)16-20-11-6-17-4-3-12(11)22-16/h3-4,6,8,18H,5,7H2,1-2H3,(H,19,21). The molecule has 5 nitrogen and oxygen atoms in total. The van der Waals surface area contributed by atoms with Crippen LogP contribution in [0.3, 0.4) is 0 Å². The van der Waals surface area contributed by atoms with E-state index in [4.69, 9.17) is 4.98 Å². The SMILES string of the molecule is CC(=O)Nc1sc2c(c1-c1nc3cnccc3s1)CC(C)NC2. The summed E-state index contributed by atoms with van der Waals surface area (Å²) in [4.78, 5) is 21.8. The maximum Gasteiger partial charge on any atom is 0.221 e. The summed E-state index contributed by atoms with van der Waals surface area (Å²) in [5.41, 5.74) is 3.31. The summed E-state index contributed by atoms with van der Waals surface area (Å²) >= 11 is 3.31. The minimum Gasteiger partial charge on any atom is -0.317 e. The molecule has 0 radical (unpaired) electrons. The van der Waals surface area contributed by atoms with Gasteiger partial charge in [-0.2, -0.15) is 0 Å². The van der Waals surface area contributed by atoms with Gasteiger partial charge in [-0.05, 0) is 25.0 Å². The lowest BCUT2D eigenvalue weighted by atomic mass is 9.99. The molecular formula is C16H16N4OS2. The maximum atomic E-state index is 11.6. The minimum atomic E-state index is -0.0476. The minimum absolute atomic E-state index is 0.0476. The highest BCUT2D eigenvalue weighted by Gasteiger charge is 2.26. The number of hydrogen-bond donors (Lipinski definition) is 2. The van der Waals surface area contributed by atoms with Crippen molar-refractivity contribution in [2.24, 2.45) is 0 Å². The second kappa shape index (κ2) is 5.67. The number of rotatable bonds is 2. The summed E-state index contributed by atoms with van der Waals surface area (Å²) in [7, 11) is 0. The lowest BCUT2D eigenvalue weighted by molar-refractivity contribution is -0.114. The van der Waals surface area contributed by atoms with Crippen LogP contribution in [0.4, 0.5) is 5.00 Å². The fourth-order valence-electron chi connectivity index (χ4n) is 2.88. The molecule has 1 aliphatic heterocycles. The molecule has 2 N–H and O–H groups in total. The molecule has 0 aliphatic carbocycles. The first-order chi connectivity index (χ1) is 11.1. The lowest BCUT2D eigenvalue weighted by Crippen LogP contribution is -2.31. The van der Waals surface area contributed by atoms with E-state index in [1.54, 1.807) is 42.0 Å². The topological polar surface area (TPSA) is 66.9 Å². The molecule has 0 bridgehead atoms. The summed E-state index contributed by atoms with van der Waals surface area (Å²) in [6, 6.07) is 2.41. The molecule has 0 spiro atoms. The number of fused-ring (bicyclic) bond motifs is 2. The number of aromatic nitrogens is 2. The average Bonchev–Trinajstić information content (AvgIpc) is 3.06. The van der Waals surface area contributed by atoms with Crippen LogP contribution < -0.4 is 10.6 Å². The van der Waals surface area contributed by atoms with Crippen molar-refractivity contribution in [2.75, 3.05) is 5.32 Å². The van der Waals surface area contributed by atoms with E-state index in [0.29, 0.717) is 6.04 Å². The van der Waals surface area contributed by atoms with Crippen molar-refractivity contribution in [3.63, 3.8) is 0 Å². The largest absolute Gasteiger partial charge is 0.317 e. The molecule has 1 atom stereocenters. The van der Waals surface area contributed by atoms with Gasteiger partial charge in [-0.25, -0.2) is 4.98 Å². The molecule has 3 aromatic heterocycles. The van der Waals surface area contributed by atoms with E-state index in [1.165, 1.54) is 10.4 Å². The Labute approximate surface area is 141 Å². The normalized spacial score (nSPS) is 17.2. The van der Waals surface area contributed by atoms with Crippen molar-refractivity contribution in [3.05, 3.63) is 28.9 Å². The van der Waals surface area contributed by atoms with E-state index in [1.807, 2.05) is 6.07 Å². The van der Waals surface area contributed by atoms with Crippen LogP contribution in [0.25, 0.3) is 20.8 Å². The Morgan fingerprint density at radius 1 is 1.43 bits per heavy atom. The van der Waals surface area contributed by atoms with Crippen LogP contribution in [-0.4, -0.2) is 21.9 Å². The van der Waals surface area contributed by atoms with Crippen LogP contribution >= 0.6 is 22.7 Å². The molecule has 4 rings (SSSR count). The Kier molecular flexibility index (Phi) is 3.63. The molecule has 7 heteroatoms. The number of hydrogen-bond acceptors (Lipinski definition) is 6. The Hall–Kier alpha value is -1.83. The van der Waals surface area contributed by atoms with E-state index in [0.717, 1.165) is 38.8 Å². The van der Waals surface area contributed by atoms with E-state index in [9.17, 15) is 4.79 Å². The molecule has 1 amide bonds. The summed E-state index contributed by atoms with van der Waals surface area (Å²) in [6.07, 6.45) is 4.53. The van der Waals surface area contributed by atoms with Gasteiger partial charge >= 0.3 is 0 Å². The fourth-order valence-corrected chi connectivity index (χ4v) is 5.18. The summed E-state index contributed by atoms with van der Waals surface area (Å²) in [6.45, 7) is 4.58. The summed E-state index contributed by atoms with van der Waals surface area (Å²) in [5.74, 6) is -0.0476. The second-order valence-corrected chi connectivity index (χ2v) is 7.87. The lowest BCUT2D eigenvalue weighted by Gasteiger charge is -2.20. The number of nitrogens with zero attached hydrogens (tertiary/aromatic N) is 2. The van der Waals surface area contributed by atoms with Crippen LogP contribution in [-0.2, 0) is 17.8 Å². The third-order valence-electron chi connectivity index (χ3n) is 3.91. The first-order valence-electron chi connectivity index (χ1n) is 7.48. The molecule has 0 aromatic carbocycles. The van der Waals surface area contributed by atoms with Crippen molar-refractivity contribution in [3.8, 4) is 10.6 Å². The molecule has 23 heavy (non-hydrogen) atoms. The van der Waals surface area contributed by atoms with Crippen molar-refractivity contribution in [2.45, 2.75) is 32.9 Å². The van der Waals surface area contributed by atoms with Crippen LogP contribution in [0.1, 0.15) is 24.3 Å². The van der Waals surface area contributed by atoms with Gasteiger partial charge in [0.25, 0.3) is 0 Å². The zero-order valence-electron chi connectivity index (χ0n) is 12.8. The Morgan fingerprint density at radius 3 is 3.09 bits per heavy atom. The molecule has 4 heterocycles. The number of thiophene rings is 1. The van der Waals surface area contributed by atoms with Gasteiger partial charge in [0.05, 0.1) is 10.9 Å². The van der Waals surface area contributed by atoms with Crippen LogP contribution in [0, 0.1) is 0 Å². The Balaban J connectivity index is 1.91. The highest BCUT2D eigenvalue weighted by atomic mass is 32.1. The molecule has 0 saturated heterocycles. The molecule has 0 fully saturated rings. The molecular weight excluding hydrogens is 328 g/mol. The van der Waals surface area contributed by atoms with Gasteiger partial charge in [0, 0.05) is 36.1 Å². The first-order valence-corrected chi connectivity index (χ1v) is 9.11.